The molecular formula is C21H24Cl2N2O2. The molecule has 2 amide bonds. The third kappa shape index (κ3) is 5.98. The highest BCUT2D eigenvalue weighted by molar-refractivity contribution is 6.36. The molecule has 1 N–H and O–H groups in total. The topological polar surface area (TPSA) is 49.4 Å². The van der Waals surface area contributed by atoms with E-state index in [1.54, 1.807) is 30.0 Å². The minimum Gasteiger partial charge on any atom is -0.355 e. The standard InChI is InChI=1S/C21H24Cl2N2O2/c1-3-24-21(27)15(2)25(14-17-18(22)10-7-11-19(17)23)20(26)13-12-16-8-5-4-6-9-16/h4-11,15H,3,12-14H2,1-2H3,(H,24,27)/t15-/m0/s1. The molecule has 2 aromatic carbocycles. The highest BCUT2D eigenvalue weighted by Gasteiger charge is 2.26. The van der Waals surface area contributed by atoms with E-state index in [1.165, 1.54) is 0 Å². The maximum absolute atomic E-state index is 13.0. The maximum atomic E-state index is 13.0. The van der Waals surface area contributed by atoms with Gasteiger partial charge in [-0.25, -0.2) is 0 Å². The SMILES string of the molecule is CCNC(=O)[C@H](C)N(Cc1c(Cl)cccc1Cl)C(=O)CCc1ccccc1. The summed E-state index contributed by atoms with van der Waals surface area (Å²) >= 11 is 12.5. The molecule has 2 rings (SSSR count). The van der Waals surface area contributed by atoms with Crippen LogP contribution in [0.1, 0.15) is 31.4 Å². The number of aryl methyl sites for hydroxylation is 1. The zero-order chi connectivity index (χ0) is 19.8. The van der Waals surface area contributed by atoms with Gasteiger partial charge in [0, 0.05) is 35.1 Å². The minimum absolute atomic E-state index is 0.117. The van der Waals surface area contributed by atoms with Crippen molar-refractivity contribution in [3.8, 4) is 0 Å². The Morgan fingerprint density at radius 2 is 1.67 bits per heavy atom. The van der Waals surface area contributed by atoms with Crippen molar-refractivity contribution in [3.05, 3.63) is 69.7 Å². The lowest BCUT2D eigenvalue weighted by atomic mass is 10.1. The third-order valence-electron chi connectivity index (χ3n) is 4.38. The molecule has 0 saturated heterocycles. The number of benzene rings is 2. The number of halogens is 2. The molecule has 0 aliphatic heterocycles. The average molecular weight is 407 g/mol. The summed E-state index contributed by atoms with van der Waals surface area (Å²) in [4.78, 5) is 26.8. The van der Waals surface area contributed by atoms with Crippen LogP contribution in [0.5, 0.6) is 0 Å². The molecular weight excluding hydrogens is 383 g/mol. The summed E-state index contributed by atoms with van der Waals surface area (Å²) in [7, 11) is 0. The molecule has 0 aliphatic carbocycles. The molecule has 0 unspecified atom stereocenters. The molecule has 6 heteroatoms. The molecule has 0 saturated carbocycles. The molecule has 4 nitrogen and oxygen atoms in total. The van der Waals surface area contributed by atoms with E-state index >= 15 is 0 Å². The first-order valence-electron chi connectivity index (χ1n) is 8.98. The van der Waals surface area contributed by atoms with Gasteiger partial charge >= 0.3 is 0 Å². The van der Waals surface area contributed by atoms with Crippen LogP contribution in [0.25, 0.3) is 0 Å². The lowest BCUT2D eigenvalue weighted by Crippen LogP contribution is -2.47. The first-order chi connectivity index (χ1) is 12.9. The Kier molecular flexibility index (Phi) is 8.14. The van der Waals surface area contributed by atoms with Gasteiger partial charge in [0.2, 0.25) is 11.8 Å². The van der Waals surface area contributed by atoms with Gasteiger partial charge in [-0.15, -0.1) is 0 Å². The molecule has 144 valence electrons. The van der Waals surface area contributed by atoms with Gasteiger partial charge in [0.25, 0.3) is 0 Å². The third-order valence-corrected chi connectivity index (χ3v) is 5.09. The largest absolute Gasteiger partial charge is 0.355 e. The lowest BCUT2D eigenvalue weighted by Gasteiger charge is -2.29. The first-order valence-corrected chi connectivity index (χ1v) is 9.73. The Morgan fingerprint density at radius 3 is 2.26 bits per heavy atom. The van der Waals surface area contributed by atoms with Crippen LogP contribution < -0.4 is 5.32 Å². The number of rotatable bonds is 8. The smallest absolute Gasteiger partial charge is 0.242 e. The van der Waals surface area contributed by atoms with E-state index in [0.29, 0.717) is 35.0 Å². The van der Waals surface area contributed by atoms with Gasteiger partial charge in [-0.2, -0.15) is 0 Å². The monoisotopic (exact) mass is 406 g/mol. The van der Waals surface area contributed by atoms with Crippen LogP contribution in [0.15, 0.2) is 48.5 Å². The van der Waals surface area contributed by atoms with E-state index in [9.17, 15) is 9.59 Å². The van der Waals surface area contributed by atoms with Gasteiger partial charge in [0.05, 0.1) is 0 Å². The fraction of sp³-hybridized carbons (Fsp3) is 0.333. The molecule has 0 fully saturated rings. The minimum atomic E-state index is -0.624. The second-order valence-corrected chi connectivity index (χ2v) is 7.09. The van der Waals surface area contributed by atoms with Crippen LogP contribution in [0, 0.1) is 0 Å². The predicted molar refractivity (Wildman–Crippen MR) is 110 cm³/mol. The van der Waals surface area contributed by atoms with E-state index in [4.69, 9.17) is 23.2 Å². The molecule has 27 heavy (non-hydrogen) atoms. The van der Waals surface area contributed by atoms with Crippen molar-refractivity contribution < 1.29 is 9.59 Å². The maximum Gasteiger partial charge on any atom is 0.242 e. The highest BCUT2D eigenvalue weighted by Crippen LogP contribution is 2.27. The fourth-order valence-corrected chi connectivity index (χ4v) is 3.31. The quantitative estimate of drug-likeness (QED) is 0.702. The normalized spacial score (nSPS) is 11.7. The zero-order valence-corrected chi connectivity index (χ0v) is 17.1. The molecule has 0 aromatic heterocycles. The van der Waals surface area contributed by atoms with Crippen LogP contribution in [0.4, 0.5) is 0 Å². The summed E-state index contributed by atoms with van der Waals surface area (Å²) in [6, 6.07) is 14.4. The number of hydrogen-bond donors (Lipinski definition) is 1. The first kappa shape index (κ1) is 21.3. The molecule has 2 aromatic rings. The molecule has 0 bridgehead atoms. The summed E-state index contributed by atoms with van der Waals surface area (Å²) < 4.78 is 0. The fourth-order valence-electron chi connectivity index (χ4n) is 2.80. The summed E-state index contributed by atoms with van der Waals surface area (Å²) in [6.07, 6.45) is 0.907. The van der Waals surface area contributed by atoms with E-state index in [0.717, 1.165) is 5.56 Å². The summed E-state index contributed by atoms with van der Waals surface area (Å²) in [5, 5.41) is 3.73. The van der Waals surface area contributed by atoms with Crippen LogP contribution >= 0.6 is 23.2 Å². The average Bonchev–Trinajstić information content (AvgIpc) is 2.66. The van der Waals surface area contributed by atoms with Crippen molar-refractivity contribution in [3.63, 3.8) is 0 Å². The van der Waals surface area contributed by atoms with Crippen LogP contribution in [0.2, 0.25) is 10.0 Å². The molecule has 0 radical (unpaired) electrons. The second-order valence-electron chi connectivity index (χ2n) is 6.28. The van der Waals surface area contributed by atoms with Gasteiger partial charge in [-0.1, -0.05) is 59.6 Å². The van der Waals surface area contributed by atoms with Crippen molar-refractivity contribution in [2.24, 2.45) is 0 Å². The highest BCUT2D eigenvalue weighted by atomic mass is 35.5. The Morgan fingerprint density at radius 1 is 1.04 bits per heavy atom. The number of amides is 2. The zero-order valence-electron chi connectivity index (χ0n) is 15.5. The van der Waals surface area contributed by atoms with Crippen LogP contribution in [-0.2, 0) is 22.6 Å². The molecule has 1 atom stereocenters. The van der Waals surface area contributed by atoms with Crippen LogP contribution in [-0.4, -0.2) is 29.3 Å². The summed E-state index contributed by atoms with van der Waals surface area (Å²) in [5.41, 5.74) is 1.72. The number of carbonyl (C=O) groups is 2. The van der Waals surface area contributed by atoms with Crippen molar-refractivity contribution >= 4 is 35.0 Å². The number of hydrogen-bond acceptors (Lipinski definition) is 2. The van der Waals surface area contributed by atoms with E-state index in [2.05, 4.69) is 5.32 Å². The van der Waals surface area contributed by atoms with Crippen molar-refractivity contribution in [1.82, 2.24) is 10.2 Å². The Balaban J connectivity index is 2.20. The van der Waals surface area contributed by atoms with E-state index in [-0.39, 0.29) is 18.4 Å². The van der Waals surface area contributed by atoms with Crippen molar-refractivity contribution in [1.29, 1.82) is 0 Å². The molecule has 0 aliphatic rings. The van der Waals surface area contributed by atoms with Crippen molar-refractivity contribution in [2.75, 3.05) is 6.54 Å². The van der Waals surface area contributed by atoms with Gasteiger partial charge in [0.1, 0.15) is 6.04 Å². The Labute approximate surface area is 170 Å². The Bertz CT molecular complexity index is 761. The van der Waals surface area contributed by atoms with Gasteiger partial charge in [0.15, 0.2) is 0 Å². The van der Waals surface area contributed by atoms with Crippen LogP contribution in [0.3, 0.4) is 0 Å². The van der Waals surface area contributed by atoms with Gasteiger partial charge in [-0.05, 0) is 38.0 Å². The van der Waals surface area contributed by atoms with Crippen molar-refractivity contribution in [2.45, 2.75) is 39.3 Å². The lowest BCUT2D eigenvalue weighted by molar-refractivity contribution is -0.140. The second kappa shape index (κ2) is 10.3. The number of nitrogens with zero attached hydrogens (tertiary/aromatic N) is 1. The van der Waals surface area contributed by atoms with E-state index in [1.807, 2.05) is 37.3 Å². The molecule has 0 spiro atoms. The predicted octanol–water partition coefficient (Wildman–Crippen LogP) is 4.48. The molecule has 0 heterocycles. The summed E-state index contributed by atoms with van der Waals surface area (Å²) in [5.74, 6) is -0.317. The number of carbonyl (C=O) groups excluding carboxylic acids is 2. The number of nitrogens with one attached hydrogen (secondary N) is 1. The van der Waals surface area contributed by atoms with E-state index < -0.39 is 6.04 Å². The number of likely N-dealkylation sites (N-methyl/N-ethyl adjacent to an activating group) is 1. The van der Waals surface area contributed by atoms with Gasteiger partial charge in [-0.3, -0.25) is 9.59 Å². The van der Waals surface area contributed by atoms with Gasteiger partial charge < -0.3 is 10.2 Å². The Hall–Kier alpha value is -2.04. The summed E-state index contributed by atoms with van der Waals surface area (Å²) in [6.45, 7) is 4.25.